The monoisotopic (exact) mass is 513 g/mol. The highest BCUT2D eigenvalue weighted by Crippen LogP contribution is 2.22. The SMILES string of the molecule is CCCCC(=O)N1CCC(N(Cc2ccccc2)C(=O)CN(CCC)S(=O)(=O)c2ccccc2)CC1. The van der Waals surface area contributed by atoms with Gasteiger partial charge in [-0.05, 0) is 43.4 Å². The predicted octanol–water partition coefficient (Wildman–Crippen LogP) is 4.30. The Morgan fingerprint density at radius 2 is 1.53 bits per heavy atom. The molecule has 0 radical (unpaired) electrons. The molecule has 1 heterocycles. The molecule has 1 fully saturated rings. The zero-order chi connectivity index (χ0) is 26.0. The Kier molecular flexibility index (Phi) is 10.5. The van der Waals surface area contributed by atoms with Crippen molar-refractivity contribution in [2.75, 3.05) is 26.2 Å². The van der Waals surface area contributed by atoms with Gasteiger partial charge in [0.2, 0.25) is 21.8 Å². The number of piperidine rings is 1. The van der Waals surface area contributed by atoms with Gasteiger partial charge in [0.05, 0.1) is 11.4 Å². The summed E-state index contributed by atoms with van der Waals surface area (Å²) in [4.78, 5) is 30.1. The van der Waals surface area contributed by atoms with Gasteiger partial charge >= 0.3 is 0 Å². The van der Waals surface area contributed by atoms with E-state index in [0.717, 1.165) is 18.4 Å². The molecule has 36 heavy (non-hydrogen) atoms. The van der Waals surface area contributed by atoms with E-state index in [0.29, 0.717) is 45.3 Å². The van der Waals surface area contributed by atoms with Gasteiger partial charge < -0.3 is 9.80 Å². The molecule has 2 aromatic carbocycles. The topological polar surface area (TPSA) is 78.0 Å². The number of carbonyl (C=O) groups is 2. The lowest BCUT2D eigenvalue weighted by Gasteiger charge is -2.39. The second-order valence-corrected chi connectivity index (χ2v) is 11.3. The number of amides is 2. The smallest absolute Gasteiger partial charge is 0.243 e. The van der Waals surface area contributed by atoms with E-state index < -0.39 is 10.0 Å². The molecule has 3 rings (SSSR count). The third kappa shape index (κ3) is 7.40. The molecule has 0 unspecified atom stereocenters. The van der Waals surface area contributed by atoms with Crippen LogP contribution in [0.4, 0.5) is 0 Å². The minimum absolute atomic E-state index is 0.0455. The molecule has 7 nitrogen and oxygen atoms in total. The molecule has 196 valence electrons. The average Bonchev–Trinajstić information content (AvgIpc) is 2.91. The number of hydrogen-bond acceptors (Lipinski definition) is 4. The van der Waals surface area contributed by atoms with Gasteiger partial charge in [-0.15, -0.1) is 0 Å². The van der Waals surface area contributed by atoms with Crippen molar-refractivity contribution in [1.82, 2.24) is 14.1 Å². The molecule has 0 N–H and O–H groups in total. The Morgan fingerprint density at radius 1 is 0.917 bits per heavy atom. The number of likely N-dealkylation sites (tertiary alicyclic amines) is 1. The van der Waals surface area contributed by atoms with E-state index in [2.05, 4.69) is 6.92 Å². The Hall–Kier alpha value is -2.71. The maximum atomic E-state index is 13.7. The van der Waals surface area contributed by atoms with E-state index in [-0.39, 0.29) is 35.8 Å². The van der Waals surface area contributed by atoms with Gasteiger partial charge in [0.25, 0.3) is 0 Å². The standard InChI is InChI=1S/C28H39N3O4S/c1-3-5-16-27(32)29-20-17-25(18-21-29)31(22-24-12-8-6-9-13-24)28(33)23-30(19-4-2)36(34,35)26-14-10-7-11-15-26/h6-15,25H,3-5,16-23H2,1-2H3. The molecule has 2 aromatic rings. The minimum Gasteiger partial charge on any atom is -0.343 e. The van der Waals surface area contributed by atoms with Crippen molar-refractivity contribution in [3.63, 3.8) is 0 Å². The highest BCUT2D eigenvalue weighted by molar-refractivity contribution is 7.89. The first-order valence-corrected chi connectivity index (χ1v) is 14.5. The van der Waals surface area contributed by atoms with Gasteiger partial charge in [0, 0.05) is 38.6 Å². The number of sulfonamides is 1. The number of unbranched alkanes of at least 4 members (excludes halogenated alkanes) is 1. The van der Waals surface area contributed by atoms with Crippen molar-refractivity contribution in [1.29, 1.82) is 0 Å². The third-order valence-corrected chi connectivity index (χ3v) is 8.54. The van der Waals surface area contributed by atoms with Crippen LogP contribution in [0.2, 0.25) is 0 Å². The number of benzene rings is 2. The Morgan fingerprint density at radius 3 is 2.11 bits per heavy atom. The predicted molar refractivity (Wildman–Crippen MR) is 142 cm³/mol. The van der Waals surface area contributed by atoms with Crippen LogP contribution in [0.5, 0.6) is 0 Å². The number of rotatable bonds is 12. The lowest BCUT2D eigenvalue weighted by molar-refractivity contribution is -0.137. The highest BCUT2D eigenvalue weighted by Gasteiger charge is 2.33. The minimum atomic E-state index is -3.79. The van der Waals surface area contributed by atoms with E-state index in [1.807, 2.05) is 47.1 Å². The summed E-state index contributed by atoms with van der Waals surface area (Å²) in [5.41, 5.74) is 1.00. The molecular weight excluding hydrogens is 474 g/mol. The van der Waals surface area contributed by atoms with Crippen LogP contribution in [0.1, 0.15) is 57.9 Å². The fourth-order valence-corrected chi connectivity index (χ4v) is 6.13. The van der Waals surface area contributed by atoms with Crippen LogP contribution < -0.4 is 0 Å². The van der Waals surface area contributed by atoms with Gasteiger partial charge in [-0.3, -0.25) is 9.59 Å². The number of hydrogen-bond donors (Lipinski definition) is 0. The first-order valence-electron chi connectivity index (χ1n) is 13.0. The van der Waals surface area contributed by atoms with Gasteiger partial charge in [-0.2, -0.15) is 4.31 Å². The molecule has 0 bridgehead atoms. The van der Waals surface area contributed by atoms with Crippen LogP contribution in [0, 0.1) is 0 Å². The van der Waals surface area contributed by atoms with Crippen LogP contribution in [-0.2, 0) is 26.2 Å². The molecule has 1 aliphatic heterocycles. The maximum absolute atomic E-state index is 13.7. The summed E-state index contributed by atoms with van der Waals surface area (Å²) in [6, 6.07) is 18.0. The summed E-state index contributed by atoms with van der Waals surface area (Å²) >= 11 is 0. The van der Waals surface area contributed by atoms with Crippen molar-refractivity contribution in [2.24, 2.45) is 0 Å². The van der Waals surface area contributed by atoms with Crippen molar-refractivity contribution in [2.45, 2.75) is 69.9 Å². The molecule has 0 aliphatic carbocycles. The van der Waals surface area contributed by atoms with E-state index in [1.54, 1.807) is 30.3 Å². The van der Waals surface area contributed by atoms with Gasteiger partial charge in [-0.25, -0.2) is 8.42 Å². The molecular formula is C28H39N3O4S. The second-order valence-electron chi connectivity index (χ2n) is 9.37. The lowest BCUT2D eigenvalue weighted by Crippen LogP contribution is -2.51. The Balaban J connectivity index is 1.77. The van der Waals surface area contributed by atoms with E-state index in [4.69, 9.17) is 0 Å². The first-order chi connectivity index (χ1) is 17.4. The molecule has 0 spiro atoms. The molecule has 8 heteroatoms. The summed E-state index contributed by atoms with van der Waals surface area (Å²) in [5, 5.41) is 0. The van der Waals surface area contributed by atoms with E-state index >= 15 is 0 Å². The number of nitrogens with zero attached hydrogens (tertiary/aromatic N) is 3. The fourth-order valence-electron chi connectivity index (χ4n) is 4.63. The Bertz CT molecular complexity index is 1070. The number of carbonyl (C=O) groups excluding carboxylic acids is 2. The van der Waals surface area contributed by atoms with Crippen LogP contribution in [-0.4, -0.2) is 66.6 Å². The third-order valence-electron chi connectivity index (χ3n) is 6.68. The maximum Gasteiger partial charge on any atom is 0.243 e. The summed E-state index contributed by atoms with van der Waals surface area (Å²) in [6.45, 7) is 5.70. The fraction of sp³-hybridized carbons (Fsp3) is 0.500. The summed E-state index contributed by atoms with van der Waals surface area (Å²) in [5.74, 6) is -0.0260. The molecule has 1 saturated heterocycles. The first kappa shape index (κ1) is 27.9. The van der Waals surface area contributed by atoms with Crippen LogP contribution in [0.3, 0.4) is 0 Å². The van der Waals surface area contributed by atoms with Crippen molar-refractivity contribution < 1.29 is 18.0 Å². The van der Waals surface area contributed by atoms with Crippen LogP contribution >= 0.6 is 0 Å². The normalized spacial score (nSPS) is 14.7. The van der Waals surface area contributed by atoms with Crippen molar-refractivity contribution >= 4 is 21.8 Å². The average molecular weight is 514 g/mol. The van der Waals surface area contributed by atoms with Crippen molar-refractivity contribution in [3.8, 4) is 0 Å². The van der Waals surface area contributed by atoms with Gasteiger partial charge in [0.15, 0.2) is 0 Å². The lowest BCUT2D eigenvalue weighted by atomic mass is 10.0. The molecule has 0 atom stereocenters. The van der Waals surface area contributed by atoms with Crippen LogP contribution in [0.25, 0.3) is 0 Å². The van der Waals surface area contributed by atoms with E-state index in [9.17, 15) is 18.0 Å². The zero-order valence-corrected chi connectivity index (χ0v) is 22.3. The van der Waals surface area contributed by atoms with Gasteiger partial charge in [0.1, 0.15) is 0 Å². The summed E-state index contributed by atoms with van der Waals surface area (Å²) < 4.78 is 28.0. The molecule has 2 amide bonds. The van der Waals surface area contributed by atoms with Crippen LogP contribution in [0.15, 0.2) is 65.6 Å². The second kappa shape index (κ2) is 13.6. The molecule has 1 aliphatic rings. The quantitative estimate of drug-likeness (QED) is 0.424. The highest BCUT2D eigenvalue weighted by atomic mass is 32.2. The summed E-state index contributed by atoms with van der Waals surface area (Å²) in [7, 11) is -3.79. The van der Waals surface area contributed by atoms with E-state index in [1.165, 1.54) is 4.31 Å². The zero-order valence-electron chi connectivity index (χ0n) is 21.5. The van der Waals surface area contributed by atoms with Gasteiger partial charge in [-0.1, -0.05) is 68.8 Å². The molecule has 0 saturated carbocycles. The van der Waals surface area contributed by atoms with Crippen molar-refractivity contribution in [3.05, 3.63) is 66.2 Å². The largest absolute Gasteiger partial charge is 0.343 e. The summed E-state index contributed by atoms with van der Waals surface area (Å²) in [6.07, 6.45) is 4.43. The Labute approximate surface area is 216 Å². The molecule has 0 aromatic heterocycles.